The summed E-state index contributed by atoms with van der Waals surface area (Å²) in [6.45, 7) is 4.32. The minimum Gasteiger partial charge on any atom is -0.408 e. The Morgan fingerprint density at radius 2 is 2.00 bits per heavy atom. The van der Waals surface area contributed by atoms with Gasteiger partial charge in [0.2, 0.25) is 17.7 Å². The predicted molar refractivity (Wildman–Crippen MR) is 102 cm³/mol. The summed E-state index contributed by atoms with van der Waals surface area (Å²) in [6.07, 6.45) is 0.0516. The summed E-state index contributed by atoms with van der Waals surface area (Å²) in [5.74, 6) is -1.21. The van der Waals surface area contributed by atoms with Crippen LogP contribution in [0.15, 0.2) is 27.4 Å². The Kier molecular flexibility index (Phi) is 5.53. The Balaban J connectivity index is 1.76. The van der Waals surface area contributed by atoms with Crippen molar-refractivity contribution in [3.63, 3.8) is 0 Å². The molecule has 1 unspecified atom stereocenters. The molecule has 1 aliphatic rings. The third-order valence-electron chi connectivity index (χ3n) is 5.07. The molecule has 28 heavy (non-hydrogen) atoms. The van der Waals surface area contributed by atoms with Crippen LogP contribution in [0.4, 0.5) is 0 Å². The van der Waals surface area contributed by atoms with Gasteiger partial charge in [-0.2, -0.15) is 0 Å². The maximum absolute atomic E-state index is 12.8. The standard InChI is InChI=1S/C19H24N4O5/c1-12-4-5-16-14(10-12)23(19(27)28-16)7-6-17(25)22-9-8-21(13(2)24)11-15(22)18(26)20-3/h4-5,10,15H,6-9,11H2,1-3H3,(H,20,26). The smallest absolute Gasteiger partial charge is 0.408 e. The summed E-state index contributed by atoms with van der Waals surface area (Å²) in [5, 5.41) is 2.55. The summed E-state index contributed by atoms with van der Waals surface area (Å²) in [4.78, 5) is 51.9. The van der Waals surface area contributed by atoms with Crippen molar-refractivity contribution in [2.24, 2.45) is 0 Å². The maximum Gasteiger partial charge on any atom is 0.419 e. The van der Waals surface area contributed by atoms with E-state index in [4.69, 9.17) is 4.42 Å². The van der Waals surface area contributed by atoms with Crippen molar-refractivity contribution >= 4 is 28.8 Å². The Morgan fingerprint density at radius 3 is 2.68 bits per heavy atom. The zero-order chi connectivity index (χ0) is 20.4. The van der Waals surface area contributed by atoms with E-state index in [0.29, 0.717) is 17.6 Å². The van der Waals surface area contributed by atoms with Gasteiger partial charge in [-0.25, -0.2) is 4.79 Å². The molecule has 0 spiro atoms. The number of fused-ring (bicyclic) bond motifs is 1. The molecule has 2 heterocycles. The number of aromatic nitrogens is 1. The van der Waals surface area contributed by atoms with Gasteiger partial charge in [-0.3, -0.25) is 19.0 Å². The lowest BCUT2D eigenvalue weighted by Gasteiger charge is -2.40. The van der Waals surface area contributed by atoms with Crippen LogP contribution in [0.2, 0.25) is 0 Å². The first-order valence-electron chi connectivity index (χ1n) is 9.18. The number of amides is 3. The second-order valence-electron chi connectivity index (χ2n) is 6.92. The predicted octanol–water partition coefficient (Wildman–Crippen LogP) is 0.0983. The summed E-state index contributed by atoms with van der Waals surface area (Å²) in [6, 6.07) is 4.68. The largest absolute Gasteiger partial charge is 0.419 e. The fourth-order valence-electron chi connectivity index (χ4n) is 3.49. The van der Waals surface area contributed by atoms with Crippen LogP contribution in [0.3, 0.4) is 0 Å². The van der Waals surface area contributed by atoms with Gasteiger partial charge in [0.15, 0.2) is 5.58 Å². The van der Waals surface area contributed by atoms with E-state index in [1.165, 1.54) is 23.4 Å². The van der Waals surface area contributed by atoms with Crippen LogP contribution in [0, 0.1) is 6.92 Å². The molecule has 0 radical (unpaired) electrons. The topological polar surface area (TPSA) is 105 Å². The van der Waals surface area contributed by atoms with Crippen molar-refractivity contribution in [2.45, 2.75) is 32.9 Å². The number of likely N-dealkylation sites (N-methyl/N-ethyl adjacent to an activating group) is 1. The molecular weight excluding hydrogens is 364 g/mol. The molecule has 9 heteroatoms. The molecule has 9 nitrogen and oxygen atoms in total. The third-order valence-corrected chi connectivity index (χ3v) is 5.07. The molecule has 1 fully saturated rings. The van der Waals surface area contributed by atoms with Crippen LogP contribution in [-0.2, 0) is 20.9 Å². The van der Waals surface area contributed by atoms with Gasteiger partial charge in [0.1, 0.15) is 6.04 Å². The summed E-state index contributed by atoms with van der Waals surface area (Å²) in [5.41, 5.74) is 2.09. The third kappa shape index (κ3) is 3.78. The highest BCUT2D eigenvalue weighted by Gasteiger charge is 2.35. The van der Waals surface area contributed by atoms with E-state index in [0.717, 1.165) is 5.56 Å². The summed E-state index contributed by atoms with van der Waals surface area (Å²) < 4.78 is 6.65. The van der Waals surface area contributed by atoms with E-state index in [1.807, 2.05) is 19.1 Å². The van der Waals surface area contributed by atoms with E-state index in [9.17, 15) is 19.2 Å². The van der Waals surface area contributed by atoms with E-state index in [2.05, 4.69) is 5.32 Å². The molecule has 2 aromatic rings. The Labute approximate surface area is 161 Å². The van der Waals surface area contributed by atoms with Gasteiger partial charge in [0.05, 0.1) is 12.1 Å². The first-order chi connectivity index (χ1) is 13.3. The van der Waals surface area contributed by atoms with Gasteiger partial charge in [-0.1, -0.05) is 6.07 Å². The number of carbonyl (C=O) groups is 3. The zero-order valence-electron chi connectivity index (χ0n) is 16.2. The van der Waals surface area contributed by atoms with E-state index in [-0.39, 0.29) is 43.8 Å². The molecule has 3 rings (SSSR count). The number of piperazine rings is 1. The summed E-state index contributed by atoms with van der Waals surface area (Å²) >= 11 is 0. The van der Waals surface area contributed by atoms with Crippen molar-refractivity contribution in [1.82, 2.24) is 19.7 Å². The quantitative estimate of drug-likeness (QED) is 0.800. The van der Waals surface area contributed by atoms with Crippen LogP contribution < -0.4 is 11.1 Å². The van der Waals surface area contributed by atoms with Crippen molar-refractivity contribution in [2.75, 3.05) is 26.7 Å². The van der Waals surface area contributed by atoms with Gasteiger partial charge in [0.25, 0.3) is 0 Å². The van der Waals surface area contributed by atoms with Gasteiger partial charge in [-0.15, -0.1) is 0 Å². The monoisotopic (exact) mass is 388 g/mol. The Bertz CT molecular complexity index is 976. The van der Waals surface area contributed by atoms with Gasteiger partial charge in [0, 0.05) is 40.0 Å². The Morgan fingerprint density at radius 1 is 1.25 bits per heavy atom. The van der Waals surface area contributed by atoms with Crippen LogP contribution in [0.1, 0.15) is 18.9 Å². The molecule has 1 aliphatic heterocycles. The number of benzene rings is 1. The molecule has 1 N–H and O–H groups in total. The van der Waals surface area contributed by atoms with Crippen LogP contribution >= 0.6 is 0 Å². The highest BCUT2D eigenvalue weighted by molar-refractivity contribution is 5.89. The average molecular weight is 388 g/mol. The molecule has 1 aromatic heterocycles. The van der Waals surface area contributed by atoms with Gasteiger partial charge < -0.3 is 19.5 Å². The van der Waals surface area contributed by atoms with Crippen LogP contribution in [0.25, 0.3) is 11.1 Å². The highest BCUT2D eigenvalue weighted by Crippen LogP contribution is 2.16. The molecular formula is C19H24N4O5. The number of hydrogen-bond donors (Lipinski definition) is 1. The second-order valence-corrected chi connectivity index (χ2v) is 6.92. The van der Waals surface area contributed by atoms with Crippen molar-refractivity contribution in [3.05, 3.63) is 34.3 Å². The number of aryl methyl sites for hydroxylation is 2. The number of oxazole rings is 1. The molecule has 0 aliphatic carbocycles. The van der Waals surface area contributed by atoms with Crippen LogP contribution in [-0.4, -0.2) is 64.8 Å². The summed E-state index contributed by atoms with van der Waals surface area (Å²) in [7, 11) is 1.50. The van der Waals surface area contributed by atoms with Crippen LogP contribution in [0.5, 0.6) is 0 Å². The maximum atomic E-state index is 12.8. The van der Waals surface area contributed by atoms with Crippen molar-refractivity contribution < 1.29 is 18.8 Å². The zero-order valence-corrected chi connectivity index (χ0v) is 16.2. The highest BCUT2D eigenvalue weighted by atomic mass is 16.4. The first-order valence-corrected chi connectivity index (χ1v) is 9.18. The van der Waals surface area contributed by atoms with Gasteiger partial charge >= 0.3 is 5.76 Å². The first kappa shape index (κ1) is 19.7. The van der Waals surface area contributed by atoms with E-state index < -0.39 is 11.8 Å². The van der Waals surface area contributed by atoms with Crippen molar-refractivity contribution in [1.29, 1.82) is 0 Å². The van der Waals surface area contributed by atoms with E-state index >= 15 is 0 Å². The molecule has 150 valence electrons. The lowest BCUT2D eigenvalue weighted by molar-refractivity contribution is -0.147. The lowest BCUT2D eigenvalue weighted by Crippen LogP contribution is -2.61. The fourth-order valence-corrected chi connectivity index (χ4v) is 3.49. The number of rotatable bonds is 4. The molecule has 3 amide bonds. The Hall–Kier alpha value is -3.10. The molecule has 0 saturated carbocycles. The normalized spacial score (nSPS) is 17.0. The van der Waals surface area contributed by atoms with Gasteiger partial charge in [-0.05, 0) is 24.6 Å². The number of carbonyl (C=O) groups excluding carboxylic acids is 3. The lowest BCUT2D eigenvalue weighted by atomic mass is 10.1. The van der Waals surface area contributed by atoms with E-state index in [1.54, 1.807) is 11.0 Å². The SMILES string of the molecule is CNC(=O)C1CN(C(C)=O)CCN1C(=O)CCn1c(=O)oc2ccc(C)cc21. The molecule has 1 aromatic carbocycles. The fraction of sp³-hybridized carbons (Fsp3) is 0.474. The number of nitrogens with zero attached hydrogens (tertiary/aromatic N) is 3. The minimum absolute atomic E-state index is 0.0516. The molecule has 1 saturated heterocycles. The second kappa shape index (κ2) is 7.87. The van der Waals surface area contributed by atoms with Crippen molar-refractivity contribution in [3.8, 4) is 0 Å². The average Bonchev–Trinajstić information content (AvgIpc) is 2.99. The molecule has 0 bridgehead atoms. The molecule has 1 atom stereocenters. The minimum atomic E-state index is -0.741. The number of hydrogen-bond acceptors (Lipinski definition) is 5. The number of nitrogens with one attached hydrogen (secondary N) is 1.